The van der Waals surface area contributed by atoms with Gasteiger partial charge in [0, 0.05) is 31.9 Å². The molecular formula is C12H18N6O3. The summed E-state index contributed by atoms with van der Waals surface area (Å²) < 4.78 is 3.10. The average molecular weight is 294 g/mol. The normalized spacial score (nSPS) is 12.8. The van der Waals surface area contributed by atoms with Gasteiger partial charge in [-0.15, -0.1) is 0 Å². The van der Waals surface area contributed by atoms with Gasteiger partial charge >= 0.3 is 5.69 Å². The van der Waals surface area contributed by atoms with Crippen molar-refractivity contribution in [1.29, 1.82) is 0 Å². The Morgan fingerprint density at radius 2 is 2.19 bits per heavy atom. The first-order chi connectivity index (χ1) is 9.94. The minimum atomic E-state index is -0.661. The van der Waals surface area contributed by atoms with E-state index in [1.807, 2.05) is 25.2 Å². The highest BCUT2D eigenvalue weighted by atomic mass is 16.6. The molecule has 0 fully saturated rings. The summed E-state index contributed by atoms with van der Waals surface area (Å²) in [6.07, 6.45) is 5.52. The Hall–Kier alpha value is -2.26. The number of hydrogen-bond acceptors (Lipinski definition) is 6. The topological polar surface area (TPSA) is 102 Å². The number of aromatic nitrogens is 4. The van der Waals surface area contributed by atoms with Crippen LogP contribution in [0, 0.1) is 10.1 Å². The van der Waals surface area contributed by atoms with Crippen molar-refractivity contribution in [2.45, 2.75) is 19.2 Å². The number of rotatable bonds is 7. The van der Waals surface area contributed by atoms with Crippen molar-refractivity contribution in [1.82, 2.24) is 24.5 Å². The van der Waals surface area contributed by atoms with Crippen LogP contribution in [-0.4, -0.2) is 54.2 Å². The summed E-state index contributed by atoms with van der Waals surface area (Å²) in [6.45, 7) is 1.32. The van der Waals surface area contributed by atoms with Crippen LogP contribution in [0.1, 0.15) is 5.56 Å². The largest absolute Gasteiger partial charge is 0.390 e. The third kappa shape index (κ3) is 4.36. The smallest absolute Gasteiger partial charge is 0.306 e. The fraction of sp³-hybridized carbons (Fsp3) is 0.500. The molecule has 9 nitrogen and oxygen atoms in total. The lowest BCUT2D eigenvalue weighted by molar-refractivity contribution is -0.385. The van der Waals surface area contributed by atoms with E-state index in [4.69, 9.17) is 0 Å². The zero-order valence-electron chi connectivity index (χ0n) is 12.0. The van der Waals surface area contributed by atoms with Crippen molar-refractivity contribution in [3.63, 3.8) is 0 Å². The van der Waals surface area contributed by atoms with E-state index < -0.39 is 11.0 Å². The summed E-state index contributed by atoms with van der Waals surface area (Å²) in [4.78, 5) is 12.0. The molecule has 1 N–H and O–H groups in total. The monoisotopic (exact) mass is 294 g/mol. The summed E-state index contributed by atoms with van der Waals surface area (Å²) in [5, 5.41) is 28.5. The van der Waals surface area contributed by atoms with Crippen LogP contribution in [0.25, 0.3) is 0 Å². The summed E-state index contributed by atoms with van der Waals surface area (Å²) in [7, 11) is 3.74. The maximum Gasteiger partial charge on any atom is 0.306 e. The summed E-state index contributed by atoms with van der Waals surface area (Å²) in [5.74, 6) is 0. The van der Waals surface area contributed by atoms with E-state index in [0.717, 1.165) is 5.56 Å². The highest BCUT2D eigenvalue weighted by Gasteiger charge is 2.14. The molecule has 0 saturated heterocycles. The maximum absolute atomic E-state index is 10.6. The molecule has 0 aliphatic carbocycles. The van der Waals surface area contributed by atoms with Crippen molar-refractivity contribution >= 4 is 5.69 Å². The Kier molecular flexibility index (Phi) is 4.66. The molecule has 0 amide bonds. The first-order valence-electron chi connectivity index (χ1n) is 6.45. The van der Waals surface area contributed by atoms with Crippen LogP contribution >= 0.6 is 0 Å². The Balaban J connectivity index is 1.82. The standard InChI is InChI=1S/C12H18N6O3/c1-15(5-10-3-13-16(2)6-10)8-12(19)9-17-7-11(4-14-17)18(20)21/h3-4,6-7,12,19H,5,8-9H2,1-2H3. The van der Waals surface area contributed by atoms with Crippen molar-refractivity contribution in [2.75, 3.05) is 13.6 Å². The highest BCUT2D eigenvalue weighted by molar-refractivity contribution is 5.20. The lowest BCUT2D eigenvalue weighted by Gasteiger charge is -2.19. The van der Waals surface area contributed by atoms with Crippen molar-refractivity contribution in [3.8, 4) is 0 Å². The summed E-state index contributed by atoms with van der Waals surface area (Å²) >= 11 is 0. The molecule has 0 bridgehead atoms. The Morgan fingerprint density at radius 1 is 1.43 bits per heavy atom. The fourth-order valence-electron chi connectivity index (χ4n) is 2.11. The summed E-state index contributed by atoms with van der Waals surface area (Å²) in [6, 6.07) is 0. The number of aliphatic hydroxyl groups is 1. The molecule has 2 rings (SSSR count). The van der Waals surface area contributed by atoms with Gasteiger partial charge in [0.25, 0.3) is 0 Å². The van der Waals surface area contributed by atoms with Crippen molar-refractivity contribution < 1.29 is 10.0 Å². The third-order valence-corrected chi connectivity index (χ3v) is 2.96. The molecule has 21 heavy (non-hydrogen) atoms. The van der Waals surface area contributed by atoms with E-state index in [2.05, 4.69) is 10.2 Å². The Labute approximate surface area is 121 Å². The molecule has 0 spiro atoms. The molecule has 1 unspecified atom stereocenters. The van der Waals surface area contributed by atoms with Crippen molar-refractivity contribution in [2.24, 2.45) is 7.05 Å². The van der Waals surface area contributed by atoms with Crippen LogP contribution < -0.4 is 0 Å². The van der Waals surface area contributed by atoms with E-state index in [-0.39, 0.29) is 12.2 Å². The fourth-order valence-corrected chi connectivity index (χ4v) is 2.11. The van der Waals surface area contributed by atoms with Gasteiger partial charge in [-0.05, 0) is 7.05 Å². The van der Waals surface area contributed by atoms with Gasteiger partial charge in [-0.25, -0.2) is 0 Å². The number of likely N-dealkylation sites (N-methyl/N-ethyl adjacent to an activating group) is 1. The second-order valence-electron chi connectivity index (χ2n) is 5.05. The molecule has 0 aromatic carbocycles. The first kappa shape index (κ1) is 15.1. The van der Waals surface area contributed by atoms with Crippen molar-refractivity contribution in [3.05, 3.63) is 40.5 Å². The average Bonchev–Trinajstić information content (AvgIpc) is 2.98. The van der Waals surface area contributed by atoms with Gasteiger partial charge in [0.1, 0.15) is 12.4 Å². The minimum absolute atomic E-state index is 0.0779. The molecule has 1 atom stereocenters. The molecule has 2 aromatic rings. The molecular weight excluding hydrogens is 276 g/mol. The lowest BCUT2D eigenvalue weighted by atomic mass is 10.3. The molecule has 0 saturated carbocycles. The number of aliphatic hydroxyl groups excluding tert-OH is 1. The number of hydrogen-bond donors (Lipinski definition) is 1. The van der Waals surface area contributed by atoms with Gasteiger partial charge in [-0.1, -0.05) is 0 Å². The van der Waals surface area contributed by atoms with E-state index in [1.165, 1.54) is 17.1 Å². The van der Waals surface area contributed by atoms with E-state index >= 15 is 0 Å². The van der Waals surface area contributed by atoms with Crippen LogP contribution in [0.15, 0.2) is 24.8 Å². The molecule has 0 aliphatic heterocycles. The SMILES string of the molecule is CN(Cc1cnn(C)c1)CC(O)Cn1cc([N+](=O)[O-])cn1. The van der Waals surface area contributed by atoms with Crippen LogP contribution in [0.2, 0.25) is 0 Å². The van der Waals surface area contributed by atoms with Gasteiger partial charge in [0.05, 0.1) is 23.8 Å². The van der Waals surface area contributed by atoms with E-state index in [1.54, 1.807) is 10.9 Å². The van der Waals surface area contributed by atoms with Gasteiger partial charge in [-0.3, -0.25) is 24.4 Å². The molecule has 9 heteroatoms. The minimum Gasteiger partial charge on any atom is -0.390 e. The molecule has 0 radical (unpaired) electrons. The van der Waals surface area contributed by atoms with E-state index in [0.29, 0.717) is 13.1 Å². The van der Waals surface area contributed by atoms with Crippen LogP contribution in [-0.2, 0) is 20.1 Å². The summed E-state index contributed by atoms with van der Waals surface area (Å²) in [5.41, 5.74) is 0.979. The van der Waals surface area contributed by atoms with Gasteiger partial charge < -0.3 is 5.11 Å². The molecule has 2 heterocycles. The van der Waals surface area contributed by atoms with Gasteiger partial charge in [0.15, 0.2) is 0 Å². The third-order valence-electron chi connectivity index (χ3n) is 2.96. The second-order valence-corrected chi connectivity index (χ2v) is 5.05. The van der Waals surface area contributed by atoms with Gasteiger partial charge in [0.2, 0.25) is 0 Å². The highest BCUT2D eigenvalue weighted by Crippen LogP contribution is 2.09. The Morgan fingerprint density at radius 3 is 2.76 bits per heavy atom. The molecule has 2 aromatic heterocycles. The number of nitro groups is 1. The molecule has 0 aliphatic rings. The predicted molar refractivity (Wildman–Crippen MR) is 74.4 cm³/mol. The maximum atomic E-state index is 10.6. The first-order valence-corrected chi connectivity index (χ1v) is 6.45. The zero-order valence-corrected chi connectivity index (χ0v) is 12.0. The predicted octanol–water partition coefficient (Wildman–Crippen LogP) is 0.0177. The van der Waals surface area contributed by atoms with Crippen LogP contribution in [0.3, 0.4) is 0 Å². The Bertz CT molecular complexity index is 608. The van der Waals surface area contributed by atoms with E-state index in [9.17, 15) is 15.2 Å². The second kappa shape index (κ2) is 6.46. The lowest BCUT2D eigenvalue weighted by Crippen LogP contribution is -2.31. The van der Waals surface area contributed by atoms with Crippen LogP contribution in [0.4, 0.5) is 5.69 Å². The van der Waals surface area contributed by atoms with Crippen LogP contribution in [0.5, 0.6) is 0 Å². The van der Waals surface area contributed by atoms with Gasteiger partial charge in [-0.2, -0.15) is 10.2 Å². The number of aryl methyl sites for hydroxylation is 1. The quantitative estimate of drug-likeness (QED) is 0.570. The molecule has 114 valence electrons. The zero-order chi connectivity index (χ0) is 15.4. The number of nitrogens with zero attached hydrogens (tertiary/aromatic N) is 6.